The van der Waals surface area contributed by atoms with E-state index in [1.54, 1.807) is 6.20 Å². The third-order valence-electron chi connectivity index (χ3n) is 5.79. The predicted octanol–water partition coefficient (Wildman–Crippen LogP) is 2.13. The van der Waals surface area contributed by atoms with Gasteiger partial charge in [-0.15, -0.1) is 0 Å². The highest BCUT2D eigenvalue weighted by Crippen LogP contribution is 2.39. The summed E-state index contributed by atoms with van der Waals surface area (Å²) < 4.78 is 0. The van der Waals surface area contributed by atoms with Crippen LogP contribution in [0.25, 0.3) is 0 Å². The molecule has 7 nitrogen and oxygen atoms in total. The number of benzene rings is 1. The Morgan fingerprint density at radius 3 is 2.46 bits per heavy atom. The van der Waals surface area contributed by atoms with E-state index in [0.29, 0.717) is 11.3 Å². The van der Waals surface area contributed by atoms with E-state index in [2.05, 4.69) is 11.4 Å². The Morgan fingerprint density at radius 1 is 1.32 bits per heavy atom. The van der Waals surface area contributed by atoms with Gasteiger partial charge >= 0.3 is 0 Å². The average molecular weight is 388 g/mol. The first-order chi connectivity index (χ1) is 12.9. The Labute approximate surface area is 168 Å². The summed E-state index contributed by atoms with van der Waals surface area (Å²) in [5.41, 5.74) is 8.01. The Balaban J connectivity index is 0.00000210. The second-order valence-electron chi connectivity index (χ2n) is 7.90. The molecule has 28 heavy (non-hydrogen) atoms. The first-order valence-electron chi connectivity index (χ1n) is 9.75. The van der Waals surface area contributed by atoms with Crippen molar-refractivity contribution in [3.8, 4) is 6.07 Å². The largest absolute Gasteiger partial charge is 0.412 e. The Morgan fingerprint density at radius 2 is 1.93 bits per heavy atom. The molecule has 0 aromatic heterocycles. The number of carbonyl (C=O) groups is 1. The van der Waals surface area contributed by atoms with Crippen molar-refractivity contribution in [2.24, 2.45) is 17.5 Å². The van der Waals surface area contributed by atoms with Crippen molar-refractivity contribution in [2.45, 2.75) is 63.5 Å². The van der Waals surface area contributed by atoms with Gasteiger partial charge < -0.3 is 16.5 Å². The summed E-state index contributed by atoms with van der Waals surface area (Å²) in [5.74, 6) is 6.25. The summed E-state index contributed by atoms with van der Waals surface area (Å²) in [6.45, 7) is 1.99. The fourth-order valence-corrected chi connectivity index (χ4v) is 3.78. The summed E-state index contributed by atoms with van der Waals surface area (Å²) in [6.07, 6.45) is 8.70. The van der Waals surface area contributed by atoms with Crippen LogP contribution in [-0.4, -0.2) is 28.0 Å². The van der Waals surface area contributed by atoms with E-state index < -0.39 is 5.54 Å². The molecule has 0 saturated heterocycles. The number of rotatable bonds is 6. The molecule has 0 spiro atoms. The molecule has 0 aliphatic heterocycles. The molecule has 0 unspecified atom stereocenters. The van der Waals surface area contributed by atoms with Crippen LogP contribution in [0.2, 0.25) is 0 Å². The zero-order chi connectivity index (χ0) is 19.4. The standard InChI is InChI=1S/C21H29N5O.H2O.H2/c1-15-7-9-17(10-8-15)20(27)25-19(16-5-3-2-4-6-16)18(23)13-26(24)21(14-22)11-12-21;;/h7-10,13,16,19H,2-6,11-12,23-24H2,1H3,(H,25,27);1H2;1H/b18-13-;;/t19-;;/m0../s1. The molecule has 7 N–H and O–H groups in total. The molecule has 1 aromatic carbocycles. The topological polar surface area (TPSA) is 140 Å². The fourth-order valence-electron chi connectivity index (χ4n) is 3.78. The molecular weight excluding hydrogens is 354 g/mol. The highest BCUT2D eigenvalue weighted by Gasteiger charge is 2.47. The van der Waals surface area contributed by atoms with E-state index >= 15 is 0 Å². The number of nitrogens with zero attached hydrogens (tertiary/aromatic N) is 2. The van der Waals surface area contributed by atoms with Crippen molar-refractivity contribution in [3.05, 3.63) is 47.3 Å². The van der Waals surface area contributed by atoms with E-state index in [0.717, 1.165) is 44.1 Å². The maximum atomic E-state index is 12.8. The lowest BCUT2D eigenvalue weighted by molar-refractivity contribution is 0.0922. The van der Waals surface area contributed by atoms with E-state index in [1.807, 2.05) is 31.2 Å². The number of nitrogens with one attached hydrogen (secondary N) is 1. The molecule has 2 aliphatic rings. The zero-order valence-electron chi connectivity index (χ0n) is 16.4. The number of nitrogens with two attached hydrogens (primary N) is 2. The minimum Gasteiger partial charge on any atom is -0.412 e. The van der Waals surface area contributed by atoms with Crippen LogP contribution >= 0.6 is 0 Å². The normalized spacial score (nSPS) is 19.7. The van der Waals surface area contributed by atoms with Crippen molar-refractivity contribution in [3.63, 3.8) is 0 Å². The maximum Gasteiger partial charge on any atom is 0.251 e. The van der Waals surface area contributed by atoms with Crippen molar-refractivity contribution in [1.82, 2.24) is 10.3 Å². The first kappa shape index (κ1) is 21.7. The molecule has 1 amide bonds. The number of aryl methyl sites for hydroxylation is 1. The quantitative estimate of drug-likeness (QED) is 0.506. The fraction of sp³-hybridized carbons (Fsp3) is 0.524. The van der Waals surface area contributed by atoms with Crippen molar-refractivity contribution in [2.75, 3.05) is 0 Å². The highest BCUT2D eigenvalue weighted by atomic mass is 16.1. The van der Waals surface area contributed by atoms with Crippen molar-refractivity contribution < 1.29 is 11.7 Å². The molecular formula is C21H33N5O2. The molecule has 154 valence electrons. The maximum absolute atomic E-state index is 12.8. The van der Waals surface area contributed by atoms with E-state index in [1.165, 1.54) is 11.4 Å². The van der Waals surface area contributed by atoms with Crippen LogP contribution in [0, 0.1) is 24.2 Å². The molecule has 0 bridgehead atoms. The average Bonchev–Trinajstić information content (AvgIpc) is 3.48. The highest BCUT2D eigenvalue weighted by molar-refractivity contribution is 5.94. The zero-order valence-corrected chi connectivity index (χ0v) is 16.4. The molecule has 1 aromatic rings. The molecule has 7 heteroatoms. The monoisotopic (exact) mass is 387 g/mol. The van der Waals surface area contributed by atoms with Gasteiger partial charge in [-0.2, -0.15) is 5.26 Å². The van der Waals surface area contributed by atoms with Crippen LogP contribution in [0.3, 0.4) is 0 Å². The van der Waals surface area contributed by atoms with Gasteiger partial charge in [0.15, 0.2) is 0 Å². The third-order valence-corrected chi connectivity index (χ3v) is 5.79. The number of carbonyl (C=O) groups excluding carboxylic acids is 1. The molecule has 0 radical (unpaired) electrons. The van der Waals surface area contributed by atoms with Gasteiger partial charge in [-0.1, -0.05) is 37.0 Å². The lowest BCUT2D eigenvalue weighted by atomic mass is 9.82. The van der Waals surface area contributed by atoms with Gasteiger partial charge in [0.1, 0.15) is 5.54 Å². The second kappa shape index (κ2) is 9.09. The minimum absolute atomic E-state index is 0. The lowest BCUT2D eigenvalue weighted by Gasteiger charge is -2.32. The van der Waals surface area contributed by atoms with Gasteiger partial charge in [0.05, 0.1) is 12.1 Å². The van der Waals surface area contributed by atoms with E-state index in [4.69, 9.17) is 11.6 Å². The summed E-state index contributed by atoms with van der Waals surface area (Å²) in [5, 5.41) is 13.9. The smallest absolute Gasteiger partial charge is 0.251 e. The van der Waals surface area contributed by atoms with Crippen molar-refractivity contribution >= 4 is 5.91 Å². The summed E-state index contributed by atoms with van der Waals surface area (Å²) in [7, 11) is 0. The van der Waals surface area contributed by atoms with Crippen LogP contribution in [0.15, 0.2) is 36.2 Å². The van der Waals surface area contributed by atoms with E-state index in [-0.39, 0.29) is 24.8 Å². The molecule has 0 heterocycles. The lowest BCUT2D eigenvalue weighted by Crippen LogP contribution is -2.46. The predicted molar refractivity (Wildman–Crippen MR) is 111 cm³/mol. The number of hydrogen-bond acceptors (Lipinski definition) is 5. The van der Waals surface area contributed by atoms with E-state index in [9.17, 15) is 10.1 Å². The number of hydrogen-bond donors (Lipinski definition) is 3. The number of amides is 1. The summed E-state index contributed by atoms with van der Waals surface area (Å²) in [4.78, 5) is 12.8. The SMILES string of the molecule is Cc1ccc(C(=O)N[C@H](/C(N)=C/N(N)C2(C#N)CC2)C2CCCCC2)cc1.O.[HH]. The van der Waals surface area contributed by atoms with Gasteiger partial charge in [-0.05, 0) is 50.7 Å². The van der Waals surface area contributed by atoms with Gasteiger partial charge in [0.2, 0.25) is 0 Å². The number of nitriles is 1. The van der Waals surface area contributed by atoms with Gasteiger partial charge in [0.25, 0.3) is 5.91 Å². The Bertz CT molecular complexity index is 749. The van der Waals surface area contributed by atoms with Crippen LogP contribution in [0.4, 0.5) is 0 Å². The number of hydrazine groups is 1. The molecule has 3 rings (SSSR count). The Hall–Kier alpha value is -2.56. The molecule has 2 aliphatic carbocycles. The van der Waals surface area contributed by atoms with Crippen molar-refractivity contribution in [1.29, 1.82) is 5.26 Å². The Kier molecular flexibility index (Phi) is 7.05. The van der Waals surface area contributed by atoms with Crippen LogP contribution in [-0.2, 0) is 0 Å². The molecule has 2 fully saturated rings. The summed E-state index contributed by atoms with van der Waals surface area (Å²) >= 11 is 0. The first-order valence-corrected chi connectivity index (χ1v) is 9.75. The van der Waals surface area contributed by atoms with Crippen LogP contribution < -0.4 is 16.9 Å². The van der Waals surface area contributed by atoms with Gasteiger partial charge in [0, 0.05) is 18.9 Å². The molecule has 2 saturated carbocycles. The van der Waals surface area contributed by atoms with Crippen LogP contribution in [0.1, 0.15) is 62.3 Å². The summed E-state index contributed by atoms with van der Waals surface area (Å²) in [6, 6.07) is 9.49. The third kappa shape index (κ3) is 4.83. The minimum atomic E-state index is -0.636. The van der Waals surface area contributed by atoms with Gasteiger partial charge in [-0.3, -0.25) is 9.80 Å². The van der Waals surface area contributed by atoms with Crippen LogP contribution in [0.5, 0.6) is 0 Å². The van der Waals surface area contributed by atoms with Gasteiger partial charge in [-0.25, -0.2) is 5.84 Å². The second-order valence-corrected chi connectivity index (χ2v) is 7.90. The molecule has 1 atom stereocenters.